The first kappa shape index (κ1) is 14.5. The normalized spacial score (nSPS) is 21.3. The third-order valence-corrected chi connectivity index (χ3v) is 2.99. The van der Waals surface area contributed by atoms with Gasteiger partial charge in [-0.25, -0.2) is 0 Å². The summed E-state index contributed by atoms with van der Waals surface area (Å²) in [4.78, 5) is 13.6. The Bertz CT molecular complexity index is 242. The van der Waals surface area contributed by atoms with Gasteiger partial charge in [0.25, 0.3) is 0 Å². The van der Waals surface area contributed by atoms with Crippen molar-refractivity contribution < 1.29 is 9.53 Å². The molecule has 1 fully saturated rings. The van der Waals surface area contributed by atoms with Crippen LogP contribution in [0.4, 0.5) is 0 Å². The Kier molecular flexibility index (Phi) is 5.40. The maximum absolute atomic E-state index is 11.8. The van der Waals surface area contributed by atoms with Gasteiger partial charge in [0.1, 0.15) is 6.61 Å². The summed E-state index contributed by atoms with van der Waals surface area (Å²) in [6.07, 6.45) is 2.43. The SMILES string of the molecule is CN(CC1CCCNC1)C(=O)COC(C)(C)C. The van der Waals surface area contributed by atoms with Gasteiger partial charge in [0, 0.05) is 13.6 Å². The Morgan fingerprint density at radius 1 is 1.47 bits per heavy atom. The van der Waals surface area contributed by atoms with E-state index in [1.165, 1.54) is 12.8 Å². The van der Waals surface area contributed by atoms with E-state index in [1.54, 1.807) is 4.90 Å². The second-order valence-electron chi connectivity index (χ2n) is 5.89. The largest absolute Gasteiger partial charge is 0.366 e. The van der Waals surface area contributed by atoms with Gasteiger partial charge < -0.3 is 15.0 Å². The van der Waals surface area contributed by atoms with Gasteiger partial charge >= 0.3 is 0 Å². The fourth-order valence-electron chi connectivity index (χ4n) is 1.96. The molecule has 1 rings (SSSR count). The van der Waals surface area contributed by atoms with Crippen molar-refractivity contribution in [2.24, 2.45) is 5.92 Å². The average Bonchev–Trinajstić information content (AvgIpc) is 2.26. The second kappa shape index (κ2) is 6.36. The smallest absolute Gasteiger partial charge is 0.248 e. The lowest BCUT2D eigenvalue weighted by Gasteiger charge is -2.28. The van der Waals surface area contributed by atoms with E-state index in [1.807, 2.05) is 27.8 Å². The highest BCUT2D eigenvalue weighted by Gasteiger charge is 2.19. The Balaban J connectivity index is 2.26. The topological polar surface area (TPSA) is 41.6 Å². The fraction of sp³-hybridized carbons (Fsp3) is 0.923. The lowest BCUT2D eigenvalue weighted by atomic mass is 9.99. The number of hydrogen-bond donors (Lipinski definition) is 1. The summed E-state index contributed by atoms with van der Waals surface area (Å²) in [7, 11) is 1.86. The van der Waals surface area contributed by atoms with Crippen molar-refractivity contribution in [3.8, 4) is 0 Å². The third-order valence-electron chi connectivity index (χ3n) is 2.99. The number of carbonyl (C=O) groups excluding carboxylic acids is 1. The van der Waals surface area contributed by atoms with Crippen LogP contribution in [0.1, 0.15) is 33.6 Å². The van der Waals surface area contributed by atoms with E-state index in [2.05, 4.69) is 5.32 Å². The quantitative estimate of drug-likeness (QED) is 0.807. The molecule has 4 nitrogen and oxygen atoms in total. The molecule has 0 aromatic rings. The van der Waals surface area contributed by atoms with Gasteiger partial charge in [-0.15, -0.1) is 0 Å². The van der Waals surface area contributed by atoms with Gasteiger partial charge in [0.2, 0.25) is 5.91 Å². The summed E-state index contributed by atoms with van der Waals surface area (Å²) in [6.45, 7) is 9.04. The van der Waals surface area contributed by atoms with Crippen molar-refractivity contribution in [1.82, 2.24) is 10.2 Å². The monoisotopic (exact) mass is 242 g/mol. The lowest BCUT2D eigenvalue weighted by Crippen LogP contribution is -2.41. The summed E-state index contributed by atoms with van der Waals surface area (Å²) < 4.78 is 5.49. The van der Waals surface area contributed by atoms with Gasteiger partial charge in [-0.2, -0.15) is 0 Å². The van der Waals surface area contributed by atoms with Crippen LogP contribution < -0.4 is 5.32 Å². The van der Waals surface area contributed by atoms with Crippen LogP contribution in [0.3, 0.4) is 0 Å². The minimum Gasteiger partial charge on any atom is -0.366 e. The molecule has 4 heteroatoms. The maximum Gasteiger partial charge on any atom is 0.248 e. The summed E-state index contributed by atoms with van der Waals surface area (Å²) in [6, 6.07) is 0. The summed E-state index contributed by atoms with van der Waals surface area (Å²) in [5, 5.41) is 3.37. The predicted molar refractivity (Wildman–Crippen MR) is 68.9 cm³/mol. The third kappa shape index (κ3) is 6.03. The number of nitrogens with one attached hydrogen (secondary N) is 1. The van der Waals surface area contributed by atoms with E-state index in [-0.39, 0.29) is 18.1 Å². The van der Waals surface area contributed by atoms with Crippen molar-refractivity contribution in [2.75, 3.05) is 33.3 Å². The first-order chi connectivity index (χ1) is 7.88. The Labute approximate surface area is 105 Å². The van der Waals surface area contributed by atoms with Crippen molar-refractivity contribution in [1.29, 1.82) is 0 Å². The molecule has 1 unspecified atom stereocenters. The highest BCUT2D eigenvalue weighted by molar-refractivity contribution is 5.77. The minimum atomic E-state index is -0.247. The Morgan fingerprint density at radius 2 is 2.18 bits per heavy atom. The molecule has 1 aliphatic rings. The molecule has 1 saturated heterocycles. The van der Waals surface area contributed by atoms with Crippen molar-refractivity contribution in [2.45, 2.75) is 39.2 Å². The van der Waals surface area contributed by atoms with Crippen LogP contribution >= 0.6 is 0 Å². The van der Waals surface area contributed by atoms with Crippen molar-refractivity contribution >= 4 is 5.91 Å². The maximum atomic E-state index is 11.8. The molecule has 1 heterocycles. The molecule has 1 aliphatic heterocycles. The van der Waals surface area contributed by atoms with Crippen LogP contribution in [-0.2, 0) is 9.53 Å². The Hall–Kier alpha value is -0.610. The van der Waals surface area contributed by atoms with Crippen LogP contribution in [0.2, 0.25) is 0 Å². The zero-order chi connectivity index (χ0) is 12.9. The van der Waals surface area contributed by atoms with Gasteiger partial charge in [-0.05, 0) is 52.6 Å². The number of amides is 1. The van der Waals surface area contributed by atoms with Gasteiger partial charge in [0.05, 0.1) is 5.60 Å². The summed E-state index contributed by atoms with van der Waals surface area (Å²) in [5.74, 6) is 0.665. The average molecular weight is 242 g/mol. The first-order valence-electron chi connectivity index (χ1n) is 6.47. The molecule has 0 bridgehead atoms. The molecule has 17 heavy (non-hydrogen) atoms. The molecular formula is C13H26N2O2. The molecule has 0 saturated carbocycles. The zero-order valence-electron chi connectivity index (χ0n) is 11.6. The second-order valence-corrected chi connectivity index (χ2v) is 5.89. The van der Waals surface area contributed by atoms with Gasteiger partial charge in [0.15, 0.2) is 0 Å². The van der Waals surface area contributed by atoms with Gasteiger partial charge in [-0.1, -0.05) is 0 Å². The number of carbonyl (C=O) groups is 1. The molecule has 0 aliphatic carbocycles. The molecule has 0 aromatic heterocycles. The van der Waals surface area contributed by atoms with Crippen LogP contribution in [0.15, 0.2) is 0 Å². The Morgan fingerprint density at radius 3 is 2.71 bits per heavy atom. The van der Waals surface area contributed by atoms with Crippen molar-refractivity contribution in [3.63, 3.8) is 0 Å². The number of nitrogens with zero attached hydrogens (tertiary/aromatic N) is 1. The molecular weight excluding hydrogens is 216 g/mol. The molecule has 1 atom stereocenters. The van der Waals surface area contributed by atoms with Crippen LogP contribution in [0.5, 0.6) is 0 Å². The number of likely N-dealkylation sites (N-methyl/N-ethyl adjacent to an activating group) is 1. The molecule has 1 amide bonds. The van der Waals surface area contributed by atoms with E-state index in [0.29, 0.717) is 5.92 Å². The van der Waals surface area contributed by atoms with Crippen LogP contribution in [0, 0.1) is 5.92 Å². The highest BCUT2D eigenvalue weighted by atomic mass is 16.5. The first-order valence-corrected chi connectivity index (χ1v) is 6.47. The zero-order valence-corrected chi connectivity index (χ0v) is 11.6. The molecule has 0 aromatic carbocycles. The van der Waals surface area contributed by atoms with Gasteiger partial charge in [-0.3, -0.25) is 4.79 Å². The summed E-state index contributed by atoms with van der Waals surface area (Å²) in [5.41, 5.74) is -0.247. The van der Waals surface area contributed by atoms with Crippen LogP contribution in [0.25, 0.3) is 0 Å². The summed E-state index contributed by atoms with van der Waals surface area (Å²) >= 11 is 0. The molecule has 1 N–H and O–H groups in total. The lowest BCUT2D eigenvalue weighted by molar-refractivity contribution is -0.140. The van der Waals surface area contributed by atoms with E-state index >= 15 is 0 Å². The number of hydrogen-bond acceptors (Lipinski definition) is 3. The number of rotatable bonds is 4. The number of piperidine rings is 1. The molecule has 0 radical (unpaired) electrons. The minimum absolute atomic E-state index is 0.0745. The predicted octanol–water partition coefficient (Wildman–Crippen LogP) is 1.26. The van der Waals surface area contributed by atoms with E-state index in [9.17, 15) is 4.79 Å². The van der Waals surface area contributed by atoms with Crippen molar-refractivity contribution in [3.05, 3.63) is 0 Å². The standard InChI is InChI=1S/C13H26N2O2/c1-13(2,3)17-10-12(16)15(4)9-11-6-5-7-14-8-11/h11,14H,5-10H2,1-4H3. The molecule has 100 valence electrons. The van der Waals surface area contributed by atoms with Crippen LogP contribution in [-0.4, -0.2) is 49.7 Å². The fourth-order valence-corrected chi connectivity index (χ4v) is 1.96. The van der Waals surface area contributed by atoms with E-state index < -0.39 is 0 Å². The van der Waals surface area contributed by atoms with E-state index in [0.717, 1.165) is 19.6 Å². The number of ether oxygens (including phenoxy) is 1. The van der Waals surface area contributed by atoms with E-state index in [4.69, 9.17) is 4.74 Å². The highest BCUT2D eigenvalue weighted by Crippen LogP contribution is 2.12. The molecule has 0 spiro atoms.